The zero-order chi connectivity index (χ0) is 40.1. The van der Waals surface area contributed by atoms with Gasteiger partial charge in [0.2, 0.25) is 0 Å². The van der Waals surface area contributed by atoms with Crippen molar-refractivity contribution in [3.8, 4) is 11.5 Å². The Morgan fingerprint density at radius 1 is 0.577 bits per heavy atom. The lowest BCUT2D eigenvalue weighted by atomic mass is 9.71. The Hall–Kier alpha value is -2.67. The first kappa shape index (κ1) is 45.5. The standard InChI is InChI=1S/C45H72O6S/c1-15-16-17-18-19-20-21-22-23-44(14,52)51-39(50)45(38(48)49,28-30-24-32(40(2,3)4)36(46)33(25-30)41(5,6)7)29-31-26-34(42(8,9)10)37(47)35(27-31)43(11,12)13/h24-27,46-47,52H,15-23,28-29H2,1-14H3,(H,48,49). The van der Waals surface area contributed by atoms with Crippen LogP contribution in [0.5, 0.6) is 11.5 Å². The summed E-state index contributed by atoms with van der Waals surface area (Å²) in [5.74, 6) is -1.77. The van der Waals surface area contributed by atoms with Crippen LogP contribution in [0.15, 0.2) is 24.3 Å². The lowest BCUT2D eigenvalue weighted by Gasteiger charge is -2.35. The summed E-state index contributed by atoms with van der Waals surface area (Å²) < 4.78 is 6.15. The van der Waals surface area contributed by atoms with Crippen LogP contribution >= 0.6 is 12.6 Å². The molecule has 0 amide bonds. The van der Waals surface area contributed by atoms with E-state index in [2.05, 4.69) is 6.92 Å². The molecule has 0 heterocycles. The maximum atomic E-state index is 14.7. The third kappa shape index (κ3) is 12.2. The molecule has 2 aromatic carbocycles. The van der Waals surface area contributed by atoms with E-state index in [0.29, 0.717) is 39.8 Å². The number of benzene rings is 2. The largest absolute Gasteiger partial charge is 0.507 e. The molecule has 3 N–H and O–H groups in total. The van der Waals surface area contributed by atoms with Gasteiger partial charge < -0.3 is 20.1 Å². The molecule has 294 valence electrons. The van der Waals surface area contributed by atoms with E-state index in [-0.39, 0.29) is 24.3 Å². The van der Waals surface area contributed by atoms with Gasteiger partial charge in [-0.3, -0.25) is 9.59 Å². The molecule has 1 unspecified atom stereocenters. The number of rotatable bonds is 16. The molecule has 6 nitrogen and oxygen atoms in total. The summed E-state index contributed by atoms with van der Waals surface area (Å²) in [6, 6.07) is 7.36. The number of phenols is 2. The van der Waals surface area contributed by atoms with Gasteiger partial charge in [0.1, 0.15) is 11.5 Å². The Balaban J connectivity index is 2.76. The molecule has 0 spiro atoms. The highest BCUT2D eigenvalue weighted by molar-refractivity contribution is 7.81. The van der Waals surface area contributed by atoms with Crippen molar-refractivity contribution in [1.29, 1.82) is 0 Å². The van der Waals surface area contributed by atoms with Crippen molar-refractivity contribution in [2.24, 2.45) is 5.41 Å². The zero-order valence-electron chi connectivity index (χ0n) is 35.1. The molecular weight excluding hydrogens is 669 g/mol. The molecule has 0 bridgehead atoms. The van der Waals surface area contributed by atoms with Gasteiger partial charge in [-0.2, -0.15) is 0 Å². The predicted molar refractivity (Wildman–Crippen MR) is 219 cm³/mol. The van der Waals surface area contributed by atoms with Gasteiger partial charge in [0.05, 0.1) is 0 Å². The Bertz CT molecular complexity index is 1370. The van der Waals surface area contributed by atoms with Crippen LogP contribution in [-0.2, 0) is 48.8 Å². The Labute approximate surface area is 322 Å². The summed E-state index contributed by atoms with van der Waals surface area (Å²) in [6.45, 7) is 28.0. The van der Waals surface area contributed by atoms with Gasteiger partial charge in [0.15, 0.2) is 10.3 Å². The number of hydrogen-bond acceptors (Lipinski definition) is 6. The second-order valence-electron chi connectivity index (χ2n) is 19.6. The van der Waals surface area contributed by atoms with Crippen molar-refractivity contribution in [2.75, 3.05) is 0 Å². The summed E-state index contributed by atoms with van der Waals surface area (Å²) in [4.78, 5) is 27.3. The Morgan fingerprint density at radius 3 is 1.17 bits per heavy atom. The predicted octanol–water partition coefficient (Wildman–Crippen LogP) is 11.9. The van der Waals surface area contributed by atoms with Gasteiger partial charge >= 0.3 is 11.9 Å². The van der Waals surface area contributed by atoms with E-state index in [9.17, 15) is 24.9 Å². The number of unbranched alkanes of at least 4 members (excludes halogenated alkanes) is 7. The van der Waals surface area contributed by atoms with Crippen LogP contribution in [0.25, 0.3) is 0 Å². The van der Waals surface area contributed by atoms with E-state index in [0.717, 1.165) is 19.3 Å². The normalized spacial score (nSPS) is 14.3. The van der Waals surface area contributed by atoms with Gasteiger partial charge in [-0.1, -0.05) is 159 Å². The zero-order valence-corrected chi connectivity index (χ0v) is 36.0. The van der Waals surface area contributed by atoms with Crippen molar-refractivity contribution in [2.45, 2.75) is 194 Å². The van der Waals surface area contributed by atoms with E-state index in [1.807, 2.05) is 107 Å². The van der Waals surface area contributed by atoms with Gasteiger partial charge in [-0.25, -0.2) is 0 Å². The Kier molecular flexibility index (Phi) is 15.0. The number of phenolic OH excluding ortho intramolecular Hbond substituents is 2. The summed E-state index contributed by atoms with van der Waals surface area (Å²) in [5, 5.41) is 34.2. The molecule has 2 aromatic rings. The number of hydrogen-bond donors (Lipinski definition) is 4. The van der Waals surface area contributed by atoms with E-state index < -0.39 is 43.9 Å². The first-order valence-corrected chi connectivity index (χ1v) is 19.9. The lowest BCUT2D eigenvalue weighted by molar-refractivity contribution is -0.174. The molecule has 0 aliphatic heterocycles. The number of carbonyl (C=O) groups excluding carboxylic acids is 1. The van der Waals surface area contributed by atoms with Crippen LogP contribution in [0, 0.1) is 5.41 Å². The highest BCUT2D eigenvalue weighted by atomic mass is 32.1. The molecule has 2 rings (SSSR count). The van der Waals surface area contributed by atoms with E-state index in [1.165, 1.54) is 32.1 Å². The number of aromatic hydroxyl groups is 2. The number of thiol groups is 1. The van der Waals surface area contributed by atoms with Crippen molar-refractivity contribution in [1.82, 2.24) is 0 Å². The first-order chi connectivity index (χ1) is 23.6. The summed E-state index contributed by atoms with van der Waals surface area (Å²) in [5.41, 5.74) is 0.154. The molecule has 0 aliphatic rings. The molecule has 0 aliphatic carbocycles. The SMILES string of the molecule is CCCCCCCCCCC(C)(S)OC(=O)C(Cc1cc(C(C)(C)C)c(O)c(C(C)(C)C)c1)(Cc1cc(C(C)(C)C)c(O)c(C(C)(C)C)c1)C(=O)O. The van der Waals surface area contributed by atoms with Crippen molar-refractivity contribution in [3.63, 3.8) is 0 Å². The third-order valence-electron chi connectivity index (χ3n) is 10.2. The summed E-state index contributed by atoms with van der Waals surface area (Å²) in [6.07, 6.45) is 9.18. The lowest BCUT2D eigenvalue weighted by Crippen LogP contribution is -2.47. The van der Waals surface area contributed by atoms with Crippen LogP contribution in [0.3, 0.4) is 0 Å². The van der Waals surface area contributed by atoms with Crippen LogP contribution in [0.1, 0.15) is 188 Å². The van der Waals surface area contributed by atoms with Crippen LogP contribution in [0.4, 0.5) is 0 Å². The van der Waals surface area contributed by atoms with Crippen LogP contribution in [-0.4, -0.2) is 32.2 Å². The fraction of sp³-hybridized carbons (Fsp3) is 0.689. The first-order valence-electron chi connectivity index (χ1n) is 19.5. The fourth-order valence-corrected chi connectivity index (χ4v) is 7.20. The average molecular weight is 741 g/mol. The second-order valence-corrected chi connectivity index (χ2v) is 20.6. The molecule has 1 atom stereocenters. The molecule has 0 radical (unpaired) electrons. The van der Waals surface area contributed by atoms with Gasteiger partial charge in [0, 0.05) is 0 Å². The van der Waals surface area contributed by atoms with Crippen molar-refractivity contribution < 1.29 is 29.6 Å². The number of carboxylic acids is 1. The van der Waals surface area contributed by atoms with Gasteiger partial charge in [0.25, 0.3) is 0 Å². The molecule has 52 heavy (non-hydrogen) atoms. The number of ether oxygens (including phenoxy) is 1. The van der Waals surface area contributed by atoms with Crippen LogP contribution in [0.2, 0.25) is 0 Å². The van der Waals surface area contributed by atoms with E-state index in [1.54, 1.807) is 6.92 Å². The Morgan fingerprint density at radius 2 is 0.885 bits per heavy atom. The minimum Gasteiger partial charge on any atom is -0.507 e. The number of carbonyl (C=O) groups is 2. The van der Waals surface area contributed by atoms with Crippen molar-refractivity contribution in [3.05, 3.63) is 57.6 Å². The number of esters is 1. The molecule has 0 aromatic heterocycles. The van der Waals surface area contributed by atoms with Crippen molar-refractivity contribution >= 4 is 24.6 Å². The maximum absolute atomic E-state index is 14.7. The minimum atomic E-state index is -2.04. The van der Waals surface area contributed by atoms with Gasteiger partial charge in [-0.15, -0.1) is 12.6 Å². The number of aliphatic carboxylic acids is 1. The maximum Gasteiger partial charge on any atom is 0.325 e. The molecule has 0 saturated carbocycles. The molecule has 0 saturated heterocycles. The monoisotopic (exact) mass is 741 g/mol. The summed E-state index contributed by atoms with van der Waals surface area (Å²) in [7, 11) is 0. The summed E-state index contributed by atoms with van der Waals surface area (Å²) >= 11 is 4.79. The highest BCUT2D eigenvalue weighted by Gasteiger charge is 2.50. The fourth-order valence-electron chi connectivity index (χ4n) is 6.96. The third-order valence-corrected chi connectivity index (χ3v) is 10.5. The van der Waals surface area contributed by atoms with Crippen LogP contribution < -0.4 is 0 Å². The van der Waals surface area contributed by atoms with E-state index >= 15 is 0 Å². The highest BCUT2D eigenvalue weighted by Crippen LogP contribution is 2.45. The second kappa shape index (κ2) is 17.2. The molecule has 0 fully saturated rings. The topological polar surface area (TPSA) is 104 Å². The van der Waals surface area contributed by atoms with Gasteiger partial charge in [-0.05, 0) is 87.6 Å². The minimum absolute atomic E-state index is 0.161. The molecule has 7 heteroatoms. The quantitative estimate of drug-likeness (QED) is 0.0449. The molecular formula is C45H72O6S. The number of carboxylic acid groups (broad SMARTS) is 1. The smallest absolute Gasteiger partial charge is 0.325 e. The van der Waals surface area contributed by atoms with E-state index in [4.69, 9.17) is 17.4 Å². The average Bonchev–Trinajstić information content (AvgIpc) is 2.96.